The molecule has 4 rings (SSSR count). The highest BCUT2D eigenvalue weighted by atomic mass is 79.9. The summed E-state index contributed by atoms with van der Waals surface area (Å²) in [5, 5.41) is 2.98. The second-order valence-corrected chi connectivity index (χ2v) is 8.72. The van der Waals surface area contributed by atoms with Gasteiger partial charge in [0.1, 0.15) is 11.5 Å². The molecule has 1 aliphatic carbocycles. The largest absolute Gasteiger partial charge is 0.496 e. The number of Topliss-reactive ketones (excluding diaryl/α,β-unsaturated/α-hetero) is 1. The van der Waals surface area contributed by atoms with E-state index in [0.29, 0.717) is 29.9 Å². The highest BCUT2D eigenvalue weighted by Crippen LogP contribution is 2.46. The Labute approximate surface area is 184 Å². The van der Waals surface area contributed by atoms with E-state index >= 15 is 0 Å². The van der Waals surface area contributed by atoms with Crippen molar-refractivity contribution in [2.75, 3.05) is 14.2 Å². The summed E-state index contributed by atoms with van der Waals surface area (Å²) in [5.41, 5.74) is 4.53. The van der Waals surface area contributed by atoms with Crippen LogP contribution in [0.15, 0.2) is 52.1 Å². The molecule has 0 saturated carbocycles. The third-order valence-electron chi connectivity index (χ3n) is 5.96. The minimum absolute atomic E-state index is 0.0669. The normalized spacial score (nSPS) is 21.2. The molecule has 0 bridgehead atoms. The molecule has 2 atom stereocenters. The lowest BCUT2D eigenvalue weighted by molar-refractivity contribution is -0.122. The number of rotatable bonds is 4. The van der Waals surface area contributed by atoms with E-state index in [-0.39, 0.29) is 29.9 Å². The van der Waals surface area contributed by atoms with Crippen molar-refractivity contribution in [3.63, 3.8) is 0 Å². The number of ketones is 1. The number of halogens is 1. The first-order chi connectivity index (χ1) is 14.4. The zero-order valence-electron chi connectivity index (χ0n) is 17.3. The van der Waals surface area contributed by atoms with Crippen molar-refractivity contribution in [3.05, 3.63) is 68.8 Å². The molecule has 0 unspecified atom stereocenters. The van der Waals surface area contributed by atoms with Crippen LogP contribution in [0.5, 0.6) is 11.5 Å². The molecule has 0 aromatic heterocycles. The topological polar surface area (TPSA) is 64.6 Å². The van der Waals surface area contributed by atoms with Crippen molar-refractivity contribution >= 4 is 27.6 Å². The van der Waals surface area contributed by atoms with Crippen LogP contribution in [-0.2, 0) is 9.59 Å². The molecular formula is C24H24BrNO4. The van der Waals surface area contributed by atoms with E-state index in [4.69, 9.17) is 9.47 Å². The molecule has 2 aliphatic rings. The van der Waals surface area contributed by atoms with E-state index in [9.17, 15) is 9.59 Å². The van der Waals surface area contributed by atoms with Crippen LogP contribution in [0.3, 0.4) is 0 Å². The Hall–Kier alpha value is -2.60. The molecule has 0 fully saturated rings. The van der Waals surface area contributed by atoms with Gasteiger partial charge in [-0.15, -0.1) is 0 Å². The molecule has 1 aliphatic heterocycles. The summed E-state index contributed by atoms with van der Waals surface area (Å²) in [5.74, 6) is 0.979. The highest BCUT2D eigenvalue weighted by molar-refractivity contribution is 9.10. The van der Waals surface area contributed by atoms with E-state index < -0.39 is 0 Å². The number of ether oxygens (including phenoxy) is 2. The first kappa shape index (κ1) is 20.7. The van der Waals surface area contributed by atoms with E-state index in [0.717, 1.165) is 21.3 Å². The van der Waals surface area contributed by atoms with Crippen molar-refractivity contribution in [1.29, 1.82) is 0 Å². The fourth-order valence-electron chi connectivity index (χ4n) is 4.46. The second kappa shape index (κ2) is 8.26. The molecule has 156 valence electrons. The number of hydrogen-bond donors (Lipinski definition) is 1. The van der Waals surface area contributed by atoms with Crippen LogP contribution in [0, 0.1) is 6.92 Å². The Morgan fingerprint density at radius 3 is 2.33 bits per heavy atom. The van der Waals surface area contributed by atoms with Gasteiger partial charge < -0.3 is 14.8 Å². The Morgan fingerprint density at radius 1 is 0.967 bits per heavy atom. The van der Waals surface area contributed by atoms with Gasteiger partial charge in [0.2, 0.25) is 5.91 Å². The lowest BCUT2D eigenvalue weighted by Gasteiger charge is -2.35. The molecule has 5 nitrogen and oxygen atoms in total. The third-order valence-corrected chi connectivity index (χ3v) is 6.58. The average molecular weight is 470 g/mol. The lowest BCUT2D eigenvalue weighted by atomic mass is 9.73. The van der Waals surface area contributed by atoms with Crippen LogP contribution in [0.4, 0.5) is 0 Å². The fraction of sp³-hybridized carbons (Fsp3) is 0.333. The van der Waals surface area contributed by atoms with Crippen molar-refractivity contribution in [2.24, 2.45) is 0 Å². The molecular weight excluding hydrogens is 446 g/mol. The van der Waals surface area contributed by atoms with Gasteiger partial charge in [0.25, 0.3) is 0 Å². The van der Waals surface area contributed by atoms with E-state index in [1.807, 2.05) is 19.1 Å². The van der Waals surface area contributed by atoms with E-state index in [1.165, 1.54) is 5.56 Å². The van der Waals surface area contributed by atoms with Crippen LogP contribution in [0.25, 0.3) is 0 Å². The second-order valence-electron chi connectivity index (χ2n) is 7.86. The SMILES string of the molecule is COc1cc([C@H]2CC(=O)NC3=C2C(=O)C[C@H](c2ccc(C)cc2)C3)c(OC)cc1Br. The monoisotopic (exact) mass is 469 g/mol. The lowest BCUT2D eigenvalue weighted by Crippen LogP contribution is -2.38. The zero-order chi connectivity index (χ0) is 21.4. The summed E-state index contributed by atoms with van der Waals surface area (Å²) in [4.78, 5) is 25.9. The number of aryl methyl sites for hydroxylation is 1. The minimum atomic E-state index is -0.350. The molecule has 2 aromatic carbocycles. The number of carbonyl (C=O) groups is 2. The average Bonchev–Trinajstić information content (AvgIpc) is 2.73. The van der Waals surface area contributed by atoms with Gasteiger partial charge in [-0.25, -0.2) is 0 Å². The van der Waals surface area contributed by atoms with Crippen LogP contribution < -0.4 is 14.8 Å². The molecule has 0 spiro atoms. The number of benzene rings is 2. The van der Waals surface area contributed by atoms with Crippen LogP contribution in [0.1, 0.15) is 47.8 Å². The summed E-state index contributed by atoms with van der Waals surface area (Å²) < 4.78 is 11.8. The first-order valence-electron chi connectivity index (χ1n) is 9.95. The Morgan fingerprint density at radius 2 is 1.67 bits per heavy atom. The van der Waals surface area contributed by atoms with Gasteiger partial charge in [-0.2, -0.15) is 0 Å². The number of nitrogens with one attached hydrogen (secondary N) is 1. The van der Waals surface area contributed by atoms with Gasteiger partial charge in [0.05, 0.1) is 18.7 Å². The van der Waals surface area contributed by atoms with E-state index in [1.54, 1.807) is 14.2 Å². The number of hydrogen-bond acceptors (Lipinski definition) is 4. The van der Waals surface area contributed by atoms with Crippen molar-refractivity contribution in [2.45, 2.75) is 38.0 Å². The number of allylic oxidation sites excluding steroid dienone is 2. The predicted molar refractivity (Wildman–Crippen MR) is 118 cm³/mol. The Kier molecular flexibility index (Phi) is 5.69. The summed E-state index contributed by atoms with van der Waals surface area (Å²) in [6.45, 7) is 2.04. The van der Waals surface area contributed by atoms with Crippen LogP contribution in [0.2, 0.25) is 0 Å². The molecule has 6 heteroatoms. The molecule has 0 radical (unpaired) electrons. The Balaban J connectivity index is 1.77. The van der Waals surface area contributed by atoms with Gasteiger partial charge in [-0.3, -0.25) is 9.59 Å². The Bertz CT molecular complexity index is 1040. The molecule has 2 aromatic rings. The number of carbonyl (C=O) groups excluding carboxylic acids is 2. The van der Waals surface area contributed by atoms with Gasteiger partial charge in [0.15, 0.2) is 5.78 Å². The maximum atomic E-state index is 13.3. The van der Waals surface area contributed by atoms with Crippen molar-refractivity contribution < 1.29 is 19.1 Å². The van der Waals surface area contributed by atoms with Gasteiger partial charge >= 0.3 is 0 Å². The van der Waals surface area contributed by atoms with Crippen LogP contribution in [-0.4, -0.2) is 25.9 Å². The van der Waals surface area contributed by atoms with Crippen molar-refractivity contribution in [3.8, 4) is 11.5 Å². The molecule has 0 saturated heterocycles. The van der Waals surface area contributed by atoms with Gasteiger partial charge in [-0.05, 0) is 52.9 Å². The summed E-state index contributed by atoms with van der Waals surface area (Å²) >= 11 is 3.47. The summed E-state index contributed by atoms with van der Waals surface area (Å²) in [6, 6.07) is 11.9. The standard InChI is InChI=1S/C24H24BrNO4/c1-13-4-6-14(7-5-13)15-8-19-24(20(27)9-15)17(11-23(28)26-19)16-10-22(30-3)18(25)12-21(16)29-2/h4-7,10,12,15,17H,8-9,11H2,1-3H3,(H,26,28)/t15-,17-/m1/s1. The fourth-order valence-corrected chi connectivity index (χ4v) is 4.94. The molecule has 30 heavy (non-hydrogen) atoms. The smallest absolute Gasteiger partial charge is 0.225 e. The number of amides is 1. The molecule has 1 heterocycles. The first-order valence-corrected chi connectivity index (χ1v) is 10.7. The summed E-state index contributed by atoms with van der Waals surface area (Å²) in [7, 11) is 3.18. The van der Waals surface area contributed by atoms with Crippen LogP contribution >= 0.6 is 15.9 Å². The van der Waals surface area contributed by atoms with Gasteiger partial charge in [0, 0.05) is 35.6 Å². The third kappa shape index (κ3) is 3.76. The van der Waals surface area contributed by atoms with E-state index in [2.05, 4.69) is 45.5 Å². The van der Waals surface area contributed by atoms with Gasteiger partial charge in [-0.1, -0.05) is 29.8 Å². The number of methoxy groups -OCH3 is 2. The summed E-state index contributed by atoms with van der Waals surface area (Å²) in [6.07, 6.45) is 1.29. The maximum absolute atomic E-state index is 13.3. The maximum Gasteiger partial charge on any atom is 0.225 e. The highest BCUT2D eigenvalue weighted by Gasteiger charge is 2.39. The molecule has 1 N–H and O–H groups in total. The predicted octanol–water partition coefficient (Wildman–Crippen LogP) is 4.78. The van der Waals surface area contributed by atoms with Crippen molar-refractivity contribution in [1.82, 2.24) is 5.32 Å². The quantitative estimate of drug-likeness (QED) is 0.699. The molecule has 1 amide bonds. The minimum Gasteiger partial charge on any atom is -0.496 e. The zero-order valence-corrected chi connectivity index (χ0v) is 18.8.